The minimum Gasteiger partial charge on any atom is -0.311 e. The van der Waals surface area contributed by atoms with Crippen LogP contribution in [0.1, 0.15) is 72.1 Å². The van der Waals surface area contributed by atoms with Crippen LogP contribution in [0.25, 0.3) is 0 Å². The maximum atomic E-state index is 4.07. The number of piperidine rings is 2. The first kappa shape index (κ1) is 14.8. The number of fused-ring (bicyclic) bond motifs is 2. The molecule has 2 aliphatic heterocycles. The summed E-state index contributed by atoms with van der Waals surface area (Å²) in [7, 11) is 2.36. The lowest BCUT2D eigenvalue weighted by Crippen LogP contribution is -2.56. The van der Waals surface area contributed by atoms with Gasteiger partial charge in [0.25, 0.3) is 0 Å². The summed E-state index contributed by atoms with van der Waals surface area (Å²) in [6.07, 6.45) is 11.3. The Bertz CT molecular complexity index is 324. The summed E-state index contributed by atoms with van der Waals surface area (Å²) in [5.41, 5.74) is 0.538. The Morgan fingerprint density at radius 1 is 0.950 bits per heavy atom. The van der Waals surface area contributed by atoms with E-state index in [0.717, 1.165) is 30.1 Å². The maximum absolute atomic E-state index is 4.07. The van der Waals surface area contributed by atoms with Gasteiger partial charge in [0, 0.05) is 24.2 Å². The Morgan fingerprint density at radius 3 is 2.20 bits per heavy atom. The molecule has 1 aliphatic carbocycles. The predicted octanol–water partition coefficient (Wildman–Crippen LogP) is 3.81. The van der Waals surface area contributed by atoms with Gasteiger partial charge >= 0.3 is 0 Å². The summed E-state index contributed by atoms with van der Waals surface area (Å²) in [5.74, 6) is 0.891. The molecule has 0 radical (unpaired) electrons. The summed E-state index contributed by atoms with van der Waals surface area (Å²) in [5, 5.41) is 4.07. The molecule has 1 saturated carbocycles. The van der Waals surface area contributed by atoms with E-state index in [1.807, 2.05) is 0 Å². The van der Waals surface area contributed by atoms with Crippen molar-refractivity contribution in [3.63, 3.8) is 0 Å². The van der Waals surface area contributed by atoms with Gasteiger partial charge in [-0.1, -0.05) is 27.2 Å². The fourth-order valence-corrected chi connectivity index (χ4v) is 5.56. The molecule has 0 amide bonds. The lowest BCUT2D eigenvalue weighted by molar-refractivity contribution is 0.0390. The van der Waals surface area contributed by atoms with Crippen LogP contribution in [-0.2, 0) is 0 Å². The number of nitrogens with one attached hydrogen (secondary N) is 1. The highest BCUT2D eigenvalue weighted by Gasteiger charge is 2.38. The maximum Gasteiger partial charge on any atom is 0.0110 e. The van der Waals surface area contributed by atoms with Gasteiger partial charge in [-0.2, -0.15) is 0 Å². The molecule has 0 aromatic rings. The van der Waals surface area contributed by atoms with Crippen molar-refractivity contribution in [1.29, 1.82) is 0 Å². The lowest BCUT2D eigenvalue weighted by atomic mass is 9.70. The van der Waals surface area contributed by atoms with Crippen molar-refractivity contribution in [2.75, 3.05) is 7.05 Å². The molecular formula is C18H34N2. The van der Waals surface area contributed by atoms with Crippen LogP contribution < -0.4 is 5.32 Å². The van der Waals surface area contributed by atoms with Crippen LogP contribution >= 0.6 is 0 Å². The summed E-state index contributed by atoms with van der Waals surface area (Å²) < 4.78 is 0. The second kappa shape index (κ2) is 5.61. The first-order valence-electron chi connectivity index (χ1n) is 8.91. The van der Waals surface area contributed by atoms with Crippen molar-refractivity contribution >= 4 is 0 Å². The van der Waals surface area contributed by atoms with E-state index in [9.17, 15) is 0 Å². The monoisotopic (exact) mass is 278 g/mol. The molecule has 116 valence electrons. The van der Waals surface area contributed by atoms with E-state index in [1.54, 1.807) is 0 Å². The van der Waals surface area contributed by atoms with Gasteiger partial charge in [0.2, 0.25) is 0 Å². The minimum absolute atomic E-state index is 0.538. The zero-order valence-electron chi connectivity index (χ0n) is 14.0. The molecule has 2 bridgehead atoms. The van der Waals surface area contributed by atoms with Crippen molar-refractivity contribution in [2.24, 2.45) is 11.3 Å². The fourth-order valence-electron chi connectivity index (χ4n) is 5.56. The average Bonchev–Trinajstić information content (AvgIpc) is 2.27. The highest BCUT2D eigenvalue weighted by Crippen LogP contribution is 2.39. The van der Waals surface area contributed by atoms with Gasteiger partial charge < -0.3 is 10.2 Å². The van der Waals surface area contributed by atoms with E-state index >= 15 is 0 Å². The van der Waals surface area contributed by atoms with Crippen LogP contribution in [0.2, 0.25) is 0 Å². The SMILES string of the molecule is CC1CC(NC2CC3CCCC(C2)N3C)CC(C)(C)C1. The Labute approximate surface area is 125 Å². The molecule has 0 aromatic carbocycles. The summed E-state index contributed by atoms with van der Waals surface area (Å²) in [4.78, 5) is 2.68. The molecule has 4 unspecified atom stereocenters. The third-order valence-electron chi connectivity index (χ3n) is 6.20. The van der Waals surface area contributed by atoms with E-state index in [1.165, 1.54) is 51.4 Å². The third kappa shape index (κ3) is 3.22. The molecule has 0 spiro atoms. The van der Waals surface area contributed by atoms with Crippen LogP contribution in [0.4, 0.5) is 0 Å². The second-order valence-corrected chi connectivity index (χ2v) is 8.85. The van der Waals surface area contributed by atoms with Crippen LogP contribution in [0.3, 0.4) is 0 Å². The van der Waals surface area contributed by atoms with Crippen LogP contribution in [0.15, 0.2) is 0 Å². The highest BCUT2D eigenvalue weighted by molar-refractivity contribution is 4.96. The topological polar surface area (TPSA) is 15.3 Å². The molecule has 2 nitrogen and oxygen atoms in total. The molecule has 0 aromatic heterocycles. The lowest BCUT2D eigenvalue weighted by Gasteiger charge is -2.49. The molecule has 2 heterocycles. The van der Waals surface area contributed by atoms with Crippen LogP contribution in [0, 0.1) is 11.3 Å². The van der Waals surface area contributed by atoms with Gasteiger partial charge in [0.05, 0.1) is 0 Å². The van der Waals surface area contributed by atoms with E-state index in [-0.39, 0.29) is 0 Å². The van der Waals surface area contributed by atoms with Gasteiger partial charge in [-0.3, -0.25) is 0 Å². The fraction of sp³-hybridized carbons (Fsp3) is 1.00. The average molecular weight is 278 g/mol. The number of hydrogen-bond donors (Lipinski definition) is 1. The van der Waals surface area contributed by atoms with Crippen molar-refractivity contribution < 1.29 is 0 Å². The first-order valence-corrected chi connectivity index (χ1v) is 8.91. The van der Waals surface area contributed by atoms with Gasteiger partial charge in [0.1, 0.15) is 0 Å². The number of rotatable bonds is 2. The Hall–Kier alpha value is -0.0800. The van der Waals surface area contributed by atoms with Gasteiger partial charge in [0.15, 0.2) is 0 Å². The molecule has 4 atom stereocenters. The quantitative estimate of drug-likeness (QED) is 0.826. The molecular weight excluding hydrogens is 244 g/mol. The summed E-state index contributed by atoms with van der Waals surface area (Å²) in [6, 6.07) is 3.26. The van der Waals surface area contributed by atoms with Crippen LogP contribution in [-0.4, -0.2) is 36.1 Å². The van der Waals surface area contributed by atoms with Gasteiger partial charge in [-0.25, -0.2) is 0 Å². The molecule has 3 aliphatic rings. The minimum atomic E-state index is 0.538. The van der Waals surface area contributed by atoms with E-state index in [2.05, 4.69) is 38.0 Å². The van der Waals surface area contributed by atoms with Crippen LogP contribution in [0.5, 0.6) is 0 Å². The molecule has 2 saturated heterocycles. The van der Waals surface area contributed by atoms with E-state index < -0.39 is 0 Å². The Kier molecular flexibility index (Phi) is 4.16. The number of nitrogens with zero attached hydrogens (tertiary/aromatic N) is 1. The van der Waals surface area contributed by atoms with Crippen molar-refractivity contribution in [3.8, 4) is 0 Å². The zero-order chi connectivity index (χ0) is 14.3. The van der Waals surface area contributed by atoms with E-state index in [4.69, 9.17) is 0 Å². The Balaban J connectivity index is 1.58. The third-order valence-corrected chi connectivity index (χ3v) is 6.20. The van der Waals surface area contributed by atoms with Crippen molar-refractivity contribution in [3.05, 3.63) is 0 Å². The second-order valence-electron chi connectivity index (χ2n) is 8.85. The zero-order valence-corrected chi connectivity index (χ0v) is 14.0. The molecule has 1 N–H and O–H groups in total. The number of hydrogen-bond acceptors (Lipinski definition) is 2. The predicted molar refractivity (Wildman–Crippen MR) is 85.9 cm³/mol. The molecule has 3 fully saturated rings. The van der Waals surface area contributed by atoms with Gasteiger partial charge in [-0.15, -0.1) is 0 Å². The summed E-state index contributed by atoms with van der Waals surface area (Å²) >= 11 is 0. The van der Waals surface area contributed by atoms with Crippen molar-refractivity contribution in [2.45, 2.75) is 96.3 Å². The smallest absolute Gasteiger partial charge is 0.0110 e. The summed E-state index contributed by atoms with van der Waals surface area (Å²) in [6.45, 7) is 7.36. The first-order chi connectivity index (χ1) is 9.43. The van der Waals surface area contributed by atoms with E-state index in [0.29, 0.717) is 5.41 Å². The molecule has 20 heavy (non-hydrogen) atoms. The Morgan fingerprint density at radius 2 is 1.60 bits per heavy atom. The standard InChI is InChI=1S/C18H34N2/c1-13-8-15(12-18(2,3)11-13)19-14-9-16-6-5-7-17(10-14)20(16)4/h13-17,19H,5-12H2,1-4H3. The normalized spacial score (nSPS) is 45.3. The highest BCUT2D eigenvalue weighted by atomic mass is 15.2. The van der Waals surface area contributed by atoms with Gasteiger partial charge in [-0.05, 0) is 63.3 Å². The molecule has 3 rings (SSSR count). The largest absolute Gasteiger partial charge is 0.311 e. The van der Waals surface area contributed by atoms with Crippen molar-refractivity contribution in [1.82, 2.24) is 10.2 Å². The molecule has 2 heteroatoms.